The molecule has 0 aromatic carbocycles. The standard InChI is InChI=1S/C9H7BrN2O3S/c10-5-3-4-16-9(5)8(11)6-1-2-7(15-6)12(13)14/h1-4,8H,11H2. The molecule has 0 radical (unpaired) electrons. The van der Waals surface area contributed by atoms with Crippen molar-refractivity contribution in [3.05, 3.63) is 48.8 Å². The first kappa shape index (κ1) is 11.3. The van der Waals surface area contributed by atoms with Crippen LogP contribution in [0.5, 0.6) is 0 Å². The van der Waals surface area contributed by atoms with Crippen LogP contribution in [0.4, 0.5) is 5.88 Å². The van der Waals surface area contributed by atoms with E-state index in [0.717, 1.165) is 9.35 Å². The third-order valence-corrected chi connectivity index (χ3v) is 3.98. The topological polar surface area (TPSA) is 82.3 Å². The van der Waals surface area contributed by atoms with Gasteiger partial charge in [-0.05, 0) is 33.4 Å². The van der Waals surface area contributed by atoms with Gasteiger partial charge in [-0.3, -0.25) is 10.1 Å². The van der Waals surface area contributed by atoms with E-state index in [1.165, 1.54) is 23.5 Å². The maximum atomic E-state index is 10.5. The summed E-state index contributed by atoms with van der Waals surface area (Å²) in [5.74, 6) is 0.0907. The minimum absolute atomic E-state index is 0.293. The van der Waals surface area contributed by atoms with Gasteiger partial charge >= 0.3 is 5.88 Å². The molecule has 0 saturated carbocycles. The number of halogens is 1. The number of hydrogen-bond acceptors (Lipinski definition) is 5. The van der Waals surface area contributed by atoms with E-state index in [0.29, 0.717) is 5.76 Å². The van der Waals surface area contributed by atoms with Gasteiger partial charge in [-0.1, -0.05) is 0 Å². The Bertz CT molecular complexity index is 522. The predicted octanol–water partition coefficient (Wildman–Crippen LogP) is 3.06. The first-order valence-corrected chi connectivity index (χ1v) is 5.99. The summed E-state index contributed by atoms with van der Waals surface area (Å²) in [7, 11) is 0. The van der Waals surface area contributed by atoms with E-state index in [1.54, 1.807) is 0 Å². The Kier molecular flexibility index (Phi) is 3.08. The highest BCUT2D eigenvalue weighted by atomic mass is 79.9. The fraction of sp³-hybridized carbons (Fsp3) is 0.111. The van der Waals surface area contributed by atoms with Crippen molar-refractivity contribution in [3.8, 4) is 0 Å². The molecule has 1 unspecified atom stereocenters. The number of nitrogens with two attached hydrogens (primary N) is 1. The lowest BCUT2D eigenvalue weighted by molar-refractivity contribution is -0.402. The van der Waals surface area contributed by atoms with Crippen LogP contribution in [0.3, 0.4) is 0 Å². The van der Waals surface area contributed by atoms with Crippen LogP contribution in [-0.4, -0.2) is 4.92 Å². The highest BCUT2D eigenvalue weighted by molar-refractivity contribution is 9.10. The summed E-state index contributed by atoms with van der Waals surface area (Å²) in [4.78, 5) is 10.7. The van der Waals surface area contributed by atoms with Crippen LogP contribution in [0.15, 0.2) is 32.5 Å². The number of nitro groups is 1. The van der Waals surface area contributed by atoms with Gasteiger partial charge < -0.3 is 10.2 Å². The zero-order chi connectivity index (χ0) is 11.7. The van der Waals surface area contributed by atoms with Gasteiger partial charge in [0.25, 0.3) is 0 Å². The second-order valence-corrected chi connectivity index (χ2v) is 4.85. The van der Waals surface area contributed by atoms with E-state index in [4.69, 9.17) is 10.2 Å². The molecule has 0 fully saturated rings. The van der Waals surface area contributed by atoms with Crippen molar-refractivity contribution in [1.82, 2.24) is 0 Å². The van der Waals surface area contributed by atoms with Crippen molar-refractivity contribution in [2.75, 3.05) is 0 Å². The fourth-order valence-electron chi connectivity index (χ4n) is 1.26. The summed E-state index contributed by atoms with van der Waals surface area (Å²) in [5.41, 5.74) is 5.94. The van der Waals surface area contributed by atoms with Crippen molar-refractivity contribution in [2.45, 2.75) is 6.04 Å². The van der Waals surface area contributed by atoms with Crippen molar-refractivity contribution in [1.29, 1.82) is 0 Å². The third kappa shape index (κ3) is 2.01. The van der Waals surface area contributed by atoms with E-state index in [1.807, 2.05) is 11.4 Å². The largest absolute Gasteiger partial charge is 0.433 e. The Morgan fingerprint density at radius 1 is 1.50 bits per heavy atom. The van der Waals surface area contributed by atoms with E-state index in [2.05, 4.69) is 15.9 Å². The molecule has 16 heavy (non-hydrogen) atoms. The highest BCUT2D eigenvalue weighted by Crippen LogP contribution is 2.33. The summed E-state index contributed by atoms with van der Waals surface area (Å²) in [6, 6.07) is 4.21. The first-order chi connectivity index (χ1) is 7.59. The van der Waals surface area contributed by atoms with Gasteiger partial charge in [-0.2, -0.15) is 0 Å². The SMILES string of the molecule is NC(c1ccc([N+](=O)[O-])o1)c1sccc1Br. The normalized spacial score (nSPS) is 12.6. The summed E-state index contributed by atoms with van der Waals surface area (Å²) in [5, 5.41) is 12.3. The molecule has 84 valence electrons. The average molecular weight is 303 g/mol. The lowest BCUT2D eigenvalue weighted by Gasteiger charge is -2.05. The van der Waals surface area contributed by atoms with Gasteiger partial charge in [0.1, 0.15) is 10.7 Å². The van der Waals surface area contributed by atoms with Crippen LogP contribution in [-0.2, 0) is 0 Å². The quantitative estimate of drug-likeness (QED) is 0.698. The molecule has 0 amide bonds. The summed E-state index contributed by atoms with van der Waals surface area (Å²) < 4.78 is 5.93. The zero-order valence-corrected chi connectivity index (χ0v) is 10.3. The molecule has 2 N–H and O–H groups in total. The molecule has 0 aliphatic carbocycles. The van der Waals surface area contributed by atoms with Crippen LogP contribution in [0.1, 0.15) is 16.7 Å². The molecule has 2 aromatic rings. The number of hydrogen-bond donors (Lipinski definition) is 1. The third-order valence-electron chi connectivity index (χ3n) is 2.03. The minimum Gasteiger partial charge on any atom is -0.404 e. The molecule has 0 bridgehead atoms. The lowest BCUT2D eigenvalue weighted by Crippen LogP contribution is -2.09. The Labute approximate surface area is 103 Å². The second-order valence-electron chi connectivity index (χ2n) is 3.04. The van der Waals surface area contributed by atoms with E-state index < -0.39 is 11.0 Å². The lowest BCUT2D eigenvalue weighted by atomic mass is 10.2. The number of furan rings is 1. The van der Waals surface area contributed by atoms with E-state index >= 15 is 0 Å². The molecule has 7 heteroatoms. The molecule has 1 atom stereocenters. The van der Waals surface area contributed by atoms with Crippen molar-refractivity contribution < 1.29 is 9.34 Å². The molecule has 0 aliphatic rings. The van der Waals surface area contributed by atoms with Crippen molar-refractivity contribution in [2.24, 2.45) is 5.73 Å². The summed E-state index contributed by atoms with van der Waals surface area (Å²) in [6.45, 7) is 0. The summed E-state index contributed by atoms with van der Waals surface area (Å²) in [6.07, 6.45) is 0. The van der Waals surface area contributed by atoms with Gasteiger partial charge in [-0.25, -0.2) is 0 Å². The Morgan fingerprint density at radius 3 is 2.75 bits per heavy atom. The number of rotatable bonds is 3. The molecule has 2 heterocycles. The second kappa shape index (κ2) is 4.36. The van der Waals surface area contributed by atoms with Gasteiger partial charge in [0.15, 0.2) is 0 Å². The van der Waals surface area contributed by atoms with Crippen molar-refractivity contribution in [3.63, 3.8) is 0 Å². The molecular formula is C9H7BrN2O3S. The predicted molar refractivity (Wildman–Crippen MR) is 63.4 cm³/mol. The minimum atomic E-state index is -0.584. The maximum absolute atomic E-state index is 10.5. The highest BCUT2D eigenvalue weighted by Gasteiger charge is 2.20. The van der Waals surface area contributed by atoms with Crippen LogP contribution in [0.2, 0.25) is 0 Å². The fourth-order valence-corrected chi connectivity index (χ4v) is 2.89. The number of thiophene rings is 1. The maximum Gasteiger partial charge on any atom is 0.433 e. The monoisotopic (exact) mass is 302 g/mol. The van der Waals surface area contributed by atoms with Gasteiger partial charge in [0.05, 0.1) is 12.1 Å². The van der Waals surface area contributed by atoms with Crippen LogP contribution in [0.25, 0.3) is 0 Å². The van der Waals surface area contributed by atoms with E-state index in [-0.39, 0.29) is 5.88 Å². The molecule has 5 nitrogen and oxygen atoms in total. The molecule has 2 aromatic heterocycles. The van der Waals surface area contributed by atoms with Crippen LogP contribution >= 0.6 is 27.3 Å². The van der Waals surface area contributed by atoms with Crippen LogP contribution in [0, 0.1) is 10.1 Å². The Hall–Kier alpha value is -1.18. The smallest absolute Gasteiger partial charge is 0.404 e. The van der Waals surface area contributed by atoms with Crippen molar-refractivity contribution >= 4 is 33.2 Å². The van der Waals surface area contributed by atoms with E-state index in [9.17, 15) is 10.1 Å². The van der Waals surface area contributed by atoms with Gasteiger partial charge in [0, 0.05) is 9.35 Å². The first-order valence-electron chi connectivity index (χ1n) is 4.32. The Morgan fingerprint density at radius 2 is 2.25 bits per heavy atom. The number of nitrogens with zero attached hydrogens (tertiary/aromatic N) is 1. The zero-order valence-electron chi connectivity index (χ0n) is 7.92. The summed E-state index contributed by atoms with van der Waals surface area (Å²) >= 11 is 4.82. The molecule has 2 rings (SSSR count). The molecule has 0 spiro atoms. The molecular weight excluding hydrogens is 296 g/mol. The van der Waals surface area contributed by atoms with Gasteiger partial charge in [0.2, 0.25) is 0 Å². The van der Waals surface area contributed by atoms with Crippen LogP contribution < -0.4 is 5.73 Å². The molecule has 0 saturated heterocycles. The van der Waals surface area contributed by atoms with Gasteiger partial charge in [-0.15, -0.1) is 11.3 Å². The molecule has 0 aliphatic heterocycles. The Balaban J connectivity index is 2.31. The average Bonchev–Trinajstić information content (AvgIpc) is 2.84.